The molecule has 1 amide bonds. The van der Waals surface area contributed by atoms with Crippen molar-refractivity contribution in [1.29, 1.82) is 0 Å². The standard InChI is InChI=1S/C27H30FN3O3S/c1-19-5-3-6-21(15-19)18-31-13-11-23(12-14-31)29-27(32)22-7-4-8-24(16-22)30-35(33,34)25-10-9-20(2)26(28)17-25/h3-10,15-17,23,30H,11-14,18H2,1-2H3,(H,29,32). The third-order valence-electron chi connectivity index (χ3n) is 6.24. The fourth-order valence-corrected chi connectivity index (χ4v) is 5.31. The summed E-state index contributed by atoms with van der Waals surface area (Å²) in [7, 11) is -3.98. The lowest BCUT2D eigenvalue weighted by molar-refractivity contribution is 0.0909. The van der Waals surface area contributed by atoms with Gasteiger partial charge in [-0.2, -0.15) is 0 Å². The van der Waals surface area contributed by atoms with E-state index >= 15 is 0 Å². The number of halogens is 1. The molecule has 0 radical (unpaired) electrons. The number of amides is 1. The molecule has 3 aromatic rings. The number of nitrogens with zero attached hydrogens (tertiary/aromatic N) is 1. The van der Waals surface area contributed by atoms with Gasteiger partial charge in [-0.25, -0.2) is 12.8 Å². The molecule has 1 heterocycles. The van der Waals surface area contributed by atoms with E-state index in [1.165, 1.54) is 29.3 Å². The molecule has 1 saturated heterocycles. The highest BCUT2D eigenvalue weighted by Crippen LogP contribution is 2.20. The van der Waals surface area contributed by atoms with E-state index in [1.807, 2.05) is 0 Å². The molecule has 0 spiro atoms. The SMILES string of the molecule is Cc1cccc(CN2CCC(NC(=O)c3cccc(NS(=O)(=O)c4ccc(C)c(F)c4)c3)CC2)c1. The second-order valence-electron chi connectivity index (χ2n) is 9.11. The Morgan fingerprint density at radius 2 is 1.74 bits per heavy atom. The van der Waals surface area contributed by atoms with E-state index in [0.29, 0.717) is 11.1 Å². The molecule has 0 bridgehead atoms. The van der Waals surface area contributed by atoms with E-state index in [0.717, 1.165) is 38.5 Å². The van der Waals surface area contributed by atoms with Gasteiger partial charge in [-0.15, -0.1) is 0 Å². The largest absolute Gasteiger partial charge is 0.349 e. The van der Waals surface area contributed by atoms with Gasteiger partial charge in [0.2, 0.25) is 0 Å². The van der Waals surface area contributed by atoms with Crippen molar-refractivity contribution in [1.82, 2.24) is 10.2 Å². The lowest BCUT2D eigenvalue weighted by Crippen LogP contribution is -2.44. The van der Waals surface area contributed by atoms with Gasteiger partial charge in [0.15, 0.2) is 0 Å². The lowest BCUT2D eigenvalue weighted by atomic mass is 10.0. The normalized spacial score (nSPS) is 15.1. The number of hydrogen-bond donors (Lipinski definition) is 2. The minimum atomic E-state index is -3.98. The van der Waals surface area contributed by atoms with Crippen LogP contribution in [0.2, 0.25) is 0 Å². The second kappa shape index (κ2) is 10.6. The number of aryl methyl sites for hydroxylation is 2. The Morgan fingerprint density at radius 1 is 1.00 bits per heavy atom. The van der Waals surface area contributed by atoms with Crippen LogP contribution in [-0.4, -0.2) is 38.4 Å². The Balaban J connectivity index is 1.34. The monoisotopic (exact) mass is 495 g/mol. The first kappa shape index (κ1) is 24.9. The molecule has 0 saturated carbocycles. The predicted octanol–water partition coefficient (Wildman–Crippen LogP) is 4.64. The summed E-state index contributed by atoms with van der Waals surface area (Å²) < 4.78 is 41.6. The van der Waals surface area contributed by atoms with E-state index in [1.54, 1.807) is 25.1 Å². The van der Waals surface area contributed by atoms with Gasteiger partial charge < -0.3 is 5.32 Å². The molecule has 8 heteroatoms. The fourth-order valence-electron chi connectivity index (χ4n) is 4.25. The Hall–Kier alpha value is -3.23. The van der Waals surface area contributed by atoms with Crippen molar-refractivity contribution in [2.24, 2.45) is 0 Å². The summed E-state index contributed by atoms with van der Waals surface area (Å²) in [6.07, 6.45) is 1.70. The molecular weight excluding hydrogens is 465 g/mol. The third kappa shape index (κ3) is 6.46. The second-order valence-corrected chi connectivity index (χ2v) is 10.8. The van der Waals surface area contributed by atoms with E-state index < -0.39 is 15.8 Å². The van der Waals surface area contributed by atoms with Crippen LogP contribution < -0.4 is 10.0 Å². The minimum Gasteiger partial charge on any atom is -0.349 e. The Kier molecular flexibility index (Phi) is 7.52. The number of piperidine rings is 1. The molecule has 1 aliphatic heterocycles. The van der Waals surface area contributed by atoms with Crippen molar-refractivity contribution in [2.75, 3.05) is 17.8 Å². The predicted molar refractivity (Wildman–Crippen MR) is 135 cm³/mol. The number of benzene rings is 3. The first-order chi connectivity index (χ1) is 16.7. The van der Waals surface area contributed by atoms with Crippen molar-refractivity contribution >= 4 is 21.6 Å². The Labute approximate surface area is 206 Å². The van der Waals surface area contributed by atoms with E-state index in [2.05, 4.69) is 46.1 Å². The van der Waals surface area contributed by atoms with E-state index in [4.69, 9.17) is 0 Å². The number of rotatable bonds is 7. The average Bonchev–Trinajstić information content (AvgIpc) is 2.82. The van der Waals surface area contributed by atoms with Crippen LogP contribution in [0.1, 0.15) is 39.9 Å². The van der Waals surface area contributed by atoms with Gasteiger partial charge in [-0.3, -0.25) is 14.4 Å². The summed E-state index contributed by atoms with van der Waals surface area (Å²) >= 11 is 0. The first-order valence-electron chi connectivity index (χ1n) is 11.7. The highest BCUT2D eigenvalue weighted by molar-refractivity contribution is 7.92. The number of anilines is 1. The molecule has 184 valence electrons. The van der Waals surface area contributed by atoms with E-state index in [-0.39, 0.29) is 22.5 Å². The highest BCUT2D eigenvalue weighted by Gasteiger charge is 2.22. The van der Waals surface area contributed by atoms with Crippen molar-refractivity contribution in [3.63, 3.8) is 0 Å². The molecule has 0 aliphatic carbocycles. The summed E-state index contributed by atoms with van der Waals surface area (Å²) in [4.78, 5) is 15.1. The number of carbonyl (C=O) groups is 1. The number of sulfonamides is 1. The molecule has 6 nitrogen and oxygen atoms in total. The molecule has 4 rings (SSSR count). The van der Waals surface area contributed by atoms with Crippen LogP contribution in [0, 0.1) is 19.7 Å². The Morgan fingerprint density at radius 3 is 2.46 bits per heavy atom. The molecule has 1 fully saturated rings. The van der Waals surface area contributed by atoms with Crippen LogP contribution >= 0.6 is 0 Å². The molecule has 0 aromatic heterocycles. The van der Waals surface area contributed by atoms with Gasteiger partial charge >= 0.3 is 0 Å². The summed E-state index contributed by atoms with van der Waals surface area (Å²) in [5, 5.41) is 3.07. The first-order valence-corrected chi connectivity index (χ1v) is 13.2. The topological polar surface area (TPSA) is 78.5 Å². The van der Waals surface area contributed by atoms with Crippen LogP contribution in [0.15, 0.2) is 71.6 Å². The maximum Gasteiger partial charge on any atom is 0.261 e. The molecule has 1 aliphatic rings. The minimum absolute atomic E-state index is 0.0622. The highest BCUT2D eigenvalue weighted by atomic mass is 32.2. The summed E-state index contributed by atoms with van der Waals surface area (Å²) in [5.74, 6) is -0.838. The molecular formula is C27H30FN3O3S. The van der Waals surface area contributed by atoms with Gasteiger partial charge in [0.25, 0.3) is 15.9 Å². The maximum absolute atomic E-state index is 13.8. The number of hydrogen-bond acceptors (Lipinski definition) is 4. The Bertz CT molecular complexity index is 1320. The summed E-state index contributed by atoms with van der Waals surface area (Å²) in [6.45, 7) is 6.34. The molecule has 0 atom stereocenters. The van der Waals surface area contributed by atoms with Crippen molar-refractivity contribution in [3.8, 4) is 0 Å². The summed E-state index contributed by atoms with van der Waals surface area (Å²) in [5.41, 5.74) is 3.51. The molecule has 3 aromatic carbocycles. The lowest BCUT2D eigenvalue weighted by Gasteiger charge is -2.32. The van der Waals surface area contributed by atoms with Gasteiger partial charge in [0.1, 0.15) is 5.82 Å². The van der Waals surface area contributed by atoms with Gasteiger partial charge in [-0.05, 0) is 68.1 Å². The van der Waals surface area contributed by atoms with Crippen LogP contribution in [0.25, 0.3) is 0 Å². The number of carbonyl (C=O) groups excluding carboxylic acids is 1. The van der Waals surface area contributed by atoms with Crippen LogP contribution in [0.5, 0.6) is 0 Å². The zero-order chi connectivity index (χ0) is 25.0. The fraction of sp³-hybridized carbons (Fsp3) is 0.296. The average molecular weight is 496 g/mol. The van der Waals surface area contributed by atoms with Gasteiger partial charge in [0.05, 0.1) is 4.90 Å². The zero-order valence-electron chi connectivity index (χ0n) is 19.9. The summed E-state index contributed by atoms with van der Waals surface area (Å²) in [6, 6.07) is 18.6. The number of nitrogens with one attached hydrogen (secondary N) is 2. The smallest absolute Gasteiger partial charge is 0.261 e. The molecule has 2 N–H and O–H groups in total. The van der Waals surface area contributed by atoms with E-state index in [9.17, 15) is 17.6 Å². The zero-order valence-corrected chi connectivity index (χ0v) is 20.7. The van der Waals surface area contributed by atoms with Crippen molar-refractivity contribution in [2.45, 2.75) is 44.2 Å². The van der Waals surface area contributed by atoms with Crippen LogP contribution in [-0.2, 0) is 16.6 Å². The quantitative estimate of drug-likeness (QED) is 0.501. The van der Waals surface area contributed by atoms with Crippen LogP contribution in [0.3, 0.4) is 0 Å². The molecule has 0 unspecified atom stereocenters. The maximum atomic E-state index is 13.8. The third-order valence-corrected chi connectivity index (χ3v) is 7.62. The van der Waals surface area contributed by atoms with Crippen molar-refractivity contribution < 1.29 is 17.6 Å². The van der Waals surface area contributed by atoms with Crippen LogP contribution in [0.4, 0.5) is 10.1 Å². The van der Waals surface area contributed by atoms with Gasteiger partial charge in [0, 0.05) is 36.9 Å². The van der Waals surface area contributed by atoms with Crippen molar-refractivity contribution in [3.05, 3.63) is 94.8 Å². The molecule has 35 heavy (non-hydrogen) atoms. The number of likely N-dealkylation sites (tertiary alicyclic amines) is 1. The van der Waals surface area contributed by atoms with Gasteiger partial charge in [-0.1, -0.05) is 42.0 Å².